The van der Waals surface area contributed by atoms with Crippen molar-refractivity contribution in [3.8, 4) is 0 Å². The molecule has 2 rings (SSSR count). The zero-order valence-corrected chi connectivity index (χ0v) is 12.7. The molecule has 0 bridgehead atoms. The molecule has 0 radical (unpaired) electrons. The van der Waals surface area contributed by atoms with Gasteiger partial charge in [0, 0.05) is 23.7 Å². The summed E-state index contributed by atoms with van der Waals surface area (Å²) >= 11 is 2.02. The molecule has 3 heteroatoms. The summed E-state index contributed by atoms with van der Waals surface area (Å²) in [6.07, 6.45) is 2.53. The van der Waals surface area contributed by atoms with Crippen molar-refractivity contribution >= 4 is 17.4 Å². The number of thioether (sulfide) groups is 1. The lowest BCUT2D eigenvalue weighted by Crippen LogP contribution is -2.37. The van der Waals surface area contributed by atoms with Crippen LogP contribution in [0.5, 0.6) is 0 Å². The lowest BCUT2D eigenvalue weighted by Gasteiger charge is -2.36. The molecule has 0 spiro atoms. The predicted molar refractivity (Wildman–Crippen MR) is 82.0 cm³/mol. The standard InChI is InChI=1S/C15H24N2S/c1-11-8-14-15(9-12(11)2)18-10-13(17(14)4)6-5-7-16-3/h8-9,13,16H,5-7,10H2,1-4H3. The molecule has 1 aliphatic rings. The maximum Gasteiger partial charge on any atom is 0.0507 e. The lowest BCUT2D eigenvalue weighted by atomic mass is 10.1. The van der Waals surface area contributed by atoms with E-state index < -0.39 is 0 Å². The van der Waals surface area contributed by atoms with E-state index in [1.807, 2.05) is 18.8 Å². The van der Waals surface area contributed by atoms with Crippen LogP contribution in [0.25, 0.3) is 0 Å². The summed E-state index contributed by atoms with van der Waals surface area (Å²) in [7, 11) is 4.28. The highest BCUT2D eigenvalue weighted by Crippen LogP contribution is 2.39. The number of nitrogens with one attached hydrogen (secondary N) is 1. The first-order valence-corrected chi connectivity index (χ1v) is 7.73. The molecule has 2 nitrogen and oxygen atoms in total. The molecule has 0 amide bonds. The Kier molecular flexibility index (Phi) is 4.57. The lowest BCUT2D eigenvalue weighted by molar-refractivity contribution is 0.577. The van der Waals surface area contributed by atoms with Crippen molar-refractivity contribution in [1.82, 2.24) is 5.32 Å². The summed E-state index contributed by atoms with van der Waals surface area (Å²) in [6, 6.07) is 5.37. The van der Waals surface area contributed by atoms with Crippen molar-refractivity contribution in [2.24, 2.45) is 0 Å². The first-order valence-electron chi connectivity index (χ1n) is 6.75. The van der Waals surface area contributed by atoms with E-state index in [0.29, 0.717) is 6.04 Å². The number of anilines is 1. The highest BCUT2D eigenvalue weighted by Gasteiger charge is 2.23. The molecule has 1 atom stereocenters. The van der Waals surface area contributed by atoms with Gasteiger partial charge < -0.3 is 10.2 Å². The van der Waals surface area contributed by atoms with Gasteiger partial charge in [0.25, 0.3) is 0 Å². The number of nitrogens with zero attached hydrogens (tertiary/aromatic N) is 1. The van der Waals surface area contributed by atoms with E-state index in [1.54, 1.807) is 0 Å². The van der Waals surface area contributed by atoms with Gasteiger partial charge in [0.15, 0.2) is 0 Å². The summed E-state index contributed by atoms with van der Waals surface area (Å²) in [5.41, 5.74) is 4.23. The van der Waals surface area contributed by atoms with Crippen LogP contribution in [-0.4, -0.2) is 32.4 Å². The smallest absolute Gasteiger partial charge is 0.0507 e. The largest absolute Gasteiger partial charge is 0.370 e. The van der Waals surface area contributed by atoms with Crippen LogP contribution >= 0.6 is 11.8 Å². The third kappa shape index (κ3) is 2.83. The fourth-order valence-corrected chi connectivity index (χ4v) is 3.82. The number of hydrogen-bond donors (Lipinski definition) is 1. The summed E-state index contributed by atoms with van der Waals surface area (Å²) in [6.45, 7) is 5.53. The number of benzene rings is 1. The molecule has 100 valence electrons. The van der Waals surface area contributed by atoms with E-state index in [2.05, 4.69) is 43.2 Å². The Labute approximate surface area is 115 Å². The third-order valence-electron chi connectivity index (χ3n) is 3.90. The van der Waals surface area contributed by atoms with Crippen LogP contribution in [0.2, 0.25) is 0 Å². The average molecular weight is 264 g/mol. The second-order valence-electron chi connectivity index (χ2n) is 5.23. The minimum Gasteiger partial charge on any atom is -0.370 e. The molecule has 0 aromatic heterocycles. The predicted octanol–water partition coefficient (Wildman–Crippen LogP) is 3.21. The molecule has 1 aromatic carbocycles. The second kappa shape index (κ2) is 5.98. The Morgan fingerprint density at radius 2 is 2.06 bits per heavy atom. The normalized spacial score (nSPS) is 18.9. The first-order chi connectivity index (χ1) is 8.63. The van der Waals surface area contributed by atoms with Crippen molar-refractivity contribution < 1.29 is 0 Å². The topological polar surface area (TPSA) is 15.3 Å². The van der Waals surface area contributed by atoms with Gasteiger partial charge in [0.2, 0.25) is 0 Å². The van der Waals surface area contributed by atoms with E-state index in [9.17, 15) is 0 Å². The van der Waals surface area contributed by atoms with Crippen LogP contribution in [-0.2, 0) is 0 Å². The van der Waals surface area contributed by atoms with Gasteiger partial charge in [0.05, 0.1) is 5.69 Å². The molecule has 0 fully saturated rings. The first kappa shape index (κ1) is 13.8. The van der Waals surface area contributed by atoms with Crippen molar-refractivity contribution in [2.75, 3.05) is 31.3 Å². The van der Waals surface area contributed by atoms with Gasteiger partial charge in [-0.15, -0.1) is 11.8 Å². The molecule has 0 aliphatic carbocycles. The summed E-state index contributed by atoms with van der Waals surface area (Å²) in [5.74, 6) is 1.22. The van der Waals surface area contributed by atoms with Crippen LogP contribution in [0, 0.1) is 13.8 Å². The van der Waals surface area contributed by atoms with Crippen molar-refractivity contribution in [2.45, 2.75) is 37.6 Å². The van der Waals surface area contributed by atoms with Gasteiger partial charge in [0.1, 0.15) is 0 Å². The van der Waals surface area contributed by atoms with E-state index in [4.69, 9.17) is 0 Å². The van der Waals surface area contributed by atoms with Gasteiger partial charge >= 0.3 is 0 Å². The summed E-state index contributed by atoms with van der Waals surface area (Å²) in [4.78, 5) is 3.93. The van der Waals surface area contributed by atoms with Gasteiger partial charge in [-0.25, -0.2) is 0 Å². The van der Waals surface area contributed by atoms with Crippen molar-refractivity contribution in [3.05, 3.63) is 23.3 Å². The quantitative estimate of drug-likeness (QED) is 0.841. The zero-order valence-electron chi connectivity index (χ0n) is 11.9. The van der Waals surface area contributed by atoms with Crippen molar-refractivity contribution in [1.29, 1.82) is 0 Å². The van der Waals surface area contributed by atoms with E-state index in [-0.39, 0.29) is 0 Å². The van der Waals surface area contributed by atoms with Crippen LogP contribution in [0.1, 0.15) is 24.0 Å². The van der Waals surface area contributed by atoms with Gasteiger partial charge in [-0.3, -0.25) is 0 Å². The van der Waals surface area contributed by atoms with Gasteiger partial charge in [-0.2, -0.15) is 0 Å². The fraction of sp³-hybridized carbons (Fsp3) is 0.600. The molecule has 0 saturated carbocycles. The Bertz CT molecular complexity index is 417. The number of hydrogen-bond acceptors (Lipinski definition) is 3. The minimum atomic E-state index is 0.679. The molecule has 1 heterocycles. The molecular formula is C15H24N2S. The molecular weight excluding hydrogens is 240 g/mol. The Hall–Kier alpha value is -0.670. The SMILES string of the molecule is CNCCCC1CSc2cc(C)c(C)cc2N1C. The maximum atomic E-state index is 3.23. The number of rotatable bonds is 4. The van der Waals surface area contributed by atoms with Crippen LogP contribution in [0.3, 0.4) is 0 Å². The zero-order chi connectivity index (χ0) is 13.1. The Morgan fingerprint density at radius 1 is 1.33 bits per heavy atom. The van der Waals surface area contributed by atoms with E-state index >= 15 is 0 Å². The van der Waals surface area contributed by atoms with Crippen LogP contribution in [0.4, 0.5) is 5.69 Å². The van der Waals surface area contributed by atoms with Crippen LogP contribution < -0.4 is 10.2 Å². The van der Waals surface area contributed by atoms with Gasteiger partial charge in [-0.05, 0) is 63.5 Å². The summed E-state index contributed by atoms with van der Waals surface area (Å²) in [5, 5.41) is 3.23. The second-order valence-corrected chi connectivity index (χ2v) is 6.29. The summed E-state index contributed by atoms with van der Waals surface area (Å²) < 4.78 is 0. The molecule has 1 aliphatic heterocycles. The average Bonchev–Trinajstić information content (AvgIpc) is 2.35. The molecule has 1 N–H and O–H groups in total. The molecule has 1 aromatic rings. The van der Waals surface area contributed by atoms with Gasteiger partial charge in [-0.1, -0.05) is 0 Å². The van der Waals surface area contributed by atoms with Crippen LogP contribution in [0.15, 0.2) is 17.0 Å². The Morgan fingerprint density at radius 3 is 2.78 bits per heavy atom. The number of fused-ring (bicyclic) bond motifs is 1. The molecule has 1 unspecified atom stereocenters. The minimum absolute atomic E-state index is 0.679. The molecule has 18 heavy (non-hydrogen) atoms. The number of aryl methyl sites for hydroxylation is 2. The van der Waals surface area contributed by atoms with E-state index in [0.717, 1.165) is 6.54 Å². The highest BCUT2D eigenvalue weighted by atomic mass is 32.2. The van der Waals surface area contributed by atoms with Crippen molar-refractivity contribution in [3.63, 3.8) is 0 Å². The maximum absolute atomic E-state index is 3.23. The fourth-order valence-electron chi connectivity index (χ4n) is 2.45. The third-order valence-corrected chi connectivity index (χ3v) is 5.09. The van der Waals surface area contributed by atoms with E-state index in [1.165, 1.54) is 40.3 Å². The monoisotopic (exact) mass is 264 g/mol. The molecule has 0 saturated heterocycles. The Balaban J connectivity index is 2.12. The highest BCUT2D eigenvalue weighted by molar-refractivity contribution is 7.99.